The van der Waals surface area contributed by atoms with Gasteiger partial charge in [-0.25, -0.2) is 4.79 Å². The number of rotatable bonds is 3. The number of aliphatic hydroxyl groups excluding tert-OH is 1. The first-order chi connectivity index (χ1) is 9.72. The van der Waals surface area contributed by atoms with Crippen molar-refractivity contribution in [3.63, 3.8) is 0 Å². The largest absolute Gasteiger partial charge is 0.476 e. The normalized spacial score (nSPS) is 18.6. The van der Waals surface area contributed by atoms with E-state index in [1.54, 1.807) is 0 Å². The van der Waals surface area contributed by atoms with E-state index < -0.39 is 5.97 Å². The minimum Gasteiger partial charge on any atom is -0.476 e. The van der Waals surface area contributed by atoms with Gasteiger partial charge in [0.1, 0.15) is 0 Å². The lowest BCUT2D eigenvalue weighted by Gasteiger charge is -2.27. The van der Waals surface area contributed by atoms with Crippen LogP contribution in [0.5, 0.6) is 0 Å². The molecule has 1 aliphatic heterocycles. The van der Waals surface area contributed by atoms with Crippen molar-refractivity contribution in [1.82, 2.24) is 10.2 Å². The summed E-state index contributed by atoms with van der Waals surface area (Å²) in [5.74, 6) is -1.10. The van der Waals surface area contributed by atoms with Crippen LogP contribution in [0.3, 0.4) is 0 Å². The molecule has 6 nitrogen and oxygen atoms in total. The summed E-state index contributed by atoms with van der Waals surface area (Å²) < 4.78 is 0. The van der Waals surface area contributed by atoms with Crippen molar-refractivity contribution in [3.8, 4) is 0 Å². The maximum Gasteiger partial charge on any atom is 0.358 e. The number of carbonyl (C=O) groups is 1. The summed E-state index contributed by atoms with van der Waals surface area (Å²) in [6.07, 6.45) is 1.78. The number of aromatic nitrogens is 2. The average Bonchev–Trinajstić information content (AvgIpc) is 2.93. The Bertz CT molecular complexity index is 659. The number of aliphatic hydroxyl groups is 1. The Morgan fingerprint density at radius 2 is 2.15 bits per heavy atom. The number of aromatic carboxylic acids is 1. The van der Waals surface area contributed by atoms with Crippen LogP contribution >= 0.6 is 0 Å². The van der Waals surface area contributed by atoms with Crippen LogP contribution in [0.25, 0.3) is 10.9 Å². The Balaban J connectivity index is 2.24. The van der Waals surface area contributed by atoms with E-state index in [9.17, 15) is 15.0 Å². The number of carboxylic acids is 1. The zero-order valence-corrected chi connectivity index (χ0v) is 10.9. The monoisotopic (exact) mass is 273 g/mol. The molecule has 1 atom stereocenters. The summed E-state index contributed by atoms with van der Waals surface area (Å²) in [5, 5.41) is 27.4. The molecular formula is C14H15N3O3. The van der Waals surface area contributed by atoms with Gasteiger partial charge in [-0.3, -0.25) is 0 Å². The van der Waals surface area contributed by atoms with Crippen LogP contribution in [-0.4, -0.2) is 45.6 Å². The molecule has 1 unspecified atom stereocenters. The second kappa shape index (κ2) is 5.05. The Labute approximate surface area is 115 Å². The van der Waals surface area contributed by atoms with E-state index in [0.29, 0.717) is 11.2 Å². The molecule has 6 heteroatoms. The lowest BCUT2D eigenvalue weighted by molar-refractivity contribution is 0.0690. The molecule has 0 bridgehead atoms. The van der Waals surface area contributed by atoms with Crippen molar-refractivity contribution < 1.29 is 15.0 Å². The standard InChI is InChI=1S/C14H15N3O3/c18-8-9-4-3-7-17(9)13-10-5-1-2-6-11(10)15-16-12(13)14(19)20/h1-2,5-6,9,18H,3-4,7-8H2,(H,19,20). The van der Waals surface area contributed by atoms with Gasteiger partial charge in [-0.2, -0.15) is 0 Å². The predicted octanol–water partition coefficient (Wildman–Crippen LogP) is 1.29. The molecule has 2 heterocycles. The van der Waals surface area contributed by atoms with Crippen LogP contribution < -0.4 is 4.90 Å². The molecule has 1 aromatic heterocycles. The number of benzene rings is 1. The van der Waals surface area contributed by atoms with Crippen molar-refractivity contribution in [2.45, 2.75) is 18.9 Å². The summed E-state index contributed by atoms with van der Waals surface area (Å²) in [6, 6.07) is 7.29. The highest BCUT2D eigenvalue weighted by Crippen LogP contribution is 2.33. The van der Waals surface area contributed by atoms with Gasteiger partial charge in [-0.05, 0) is 18.9 Å². The average molecular weight is 273 g/mol. The van der Waals surface area contributed by atoms with E-state index in [0.717, 1.165) is 24.8 Å². The first kappa shape index (κ1) is 12.8. The Kier molecular flexibility index (Phi) is 3.23. The maximum absolute atomic E-state index is 11.4. The number of carboxylic acid groups (broad SMARTS) is 1. The molecule has 0 saturated carbocycles. The molecule has 20 heavy (non-hydrogen) atoms. The van der Waals surface area contributed by atoms with Crippen molar-refractivity contribution in [2.75, 3.05) is 18.1 Å². The number of anilines is 1. The fraction of sp³-hybridized carbons (Fsp3) is 0.357. The summed E-state index contributed by atoms with van der Waals surface area (Å²) in [5.41, 5.74) is 1.18. The van der Waals surface area contributed by atoms with Crippen LogP contribution in [-0.2, 0) is 0 Å². The molecule has 3 rings (SSSR count). The Morgan fingerprint density at radius 1 is 1.35 bits per heavy atom. The molecular weight excluding hydrogens is 258 g/mol. The number of fused-ring (bicyclic) bond motifs is 1. The van der Waals surface area contributed by atoms with Gasteiger partial charge >= 0.3 is 5.97 Å². The SMILES string of the molecule is O=C(O)c1nnc2ccccc2c1N1CCCC1CO. The quantitative estimate of drug-likeness (QED) is 0.876. The summed E-state index contributed by atoms with van der Waals surface area (Å²) >= 11 is 0. The molecule has 0 amide bonds. The van der Waals surface area contributed by atoms with E-state index >= 15 is 0 Å². The van der Waals surface area contributed by atoms with Gasteiger partial charge in [0.05, 0.1) is 23.9 Å². The summed E-state index contributed by atoms with van der Waals surface area (Å²) in [6.45, 7) is 0.733. The molecule has 2 aromatic rings. The second-order valence-electron chi connectivity index (χ2n) is 4.89. The van der Waals surface area contributed by atoms with Crippen molar-refractivity contribution >= 4 is 22.6 Å². The topological polar surface area (TPSA) is 86.5 Å². The van der Waals surface area contributed by atoms with E-state index in [1.807, 2.05) is 29.2 Å². The van der Waals surface area contributed by atoms with Gasteiger partial charge in [0, 0.05) is 11.9 Å². The molecule has 104 valence electrons. The van der Waals surface area contributed by atoms with E-state index in [2.05, 4.69) is 10.2 Å². The third-order valence-corrected chi connectivity index (χ3v) is 3.72. The first-order valence-corrected chi connectivity index (χ1v) is 6.58. The van der Waals surface area contributed by atoms with Gasteiger partial charge in [0.15, 0.2) is 5.69 Å². The fourth-order valence-corrected chi connectivity index (χ4v) is 2.79. The minimum absolute atomic E-state index is 0.00963. The van der Waals surface area contributed by atoms with Gasteiger partial charge < -0.3 is 15.1 Å². The van der Waals surface area contributed by atoms with Gasteiger partial charge in [-0.15, -0.1) is 10.2 Å². The van der Waals surface area contributed by atoms with Crippen LogP contribution in [0, 0.1) is 0 Å². The highest BCUT2D eigenvalue weighted by molar-refractivity contribution is 6.03. The van der Waals surface area contributed by atoms with E-state index in [-0.39, 0.29) is 18.3 Å². The van der Waals surface area contributed by atoms with Gasteiger partial charge in [0.2, 0.25) is 0 Å². The number of hydrogen-bond acceptors (Lipinski definition) is 5. The van der Waals surface area contributed by atoms with Crippen LogP contribution in [0.2, 0.25) is 0 Å². The molecule has 1 saturated heterocycles. The van der Waals surface area contributed by atoms with Gasteiger partial charge in [-0.1, -0.05) is 18.2 Å². The molecule has 0 spiro atoms. The maximum atomic E-state index is 11.4. The summed E-state index contributed by atoms with van der Waals surface area (Å²) in [7, 11) is 0. The van der Waals surface area contributed by atoms with E-state index in [1.165, 1.54) is 0 Å². The first-order valence-electron chi connectivity index (χ1n) is 6.58. The molecule has 1 aromatic carbocycles. The number of nitrogens with zero attached hydrogens (tertiary/aromatic N) is 3. The molecule has 2 N–H and O–H groups in total. The minimum atomic E-state index is -1.10. The third-order valence-electron chi connectivity index (χ3n) is 3.72. The van der Waals surface area contributed by atoms with Crippen LogP contribution in [0.1, 0.15) is 23.3 Å². The lowest BCUT2D eigenvalue weighted by Crippen LogP contribution is -2.34. The highest BCUT2D eigenvalue weighted by Gasteiger charge is 2.30. The Morgan fingerprint density at radius 3 is 2.90 bits per heavy atom. The molecule has 1 fully saturated rings. The van der Waals surface area contributed by atoms with E-state index in [4.69, 9.17) is 0 Å². The summed E-state index contributed by atoms with van der Waals surface area (Å²) in [4.78, 5) is 13.4. The number of hydrogen-bond donors (Lipinski definition) is 2. The van der Waals surface area contributed by atoms with Crippen molar-refractivity contribution in [2.24, 2.45) is 0 Å². The van der Waals surface area contributed by atoms with Crippen LogP contribution in [0.15, 0.2) is 24.3 Å². The smallest absolute Gasteiger partial charge is 0.358 e. The second-order valence-corrected chi connectivity index (χ2v) is 4.89. The predicted molar refractivity (Wildman–Crippen MR) is 74.0 cm³/mol. The zero-order valence-electron chi connectivity index (χ0n) is 10.9. The molecule has 0 aliphatic carbocycles. The highest BCUT2D eigenvalue weighted by atomic mass is 16.4. The molecule has 1 aliphatic rings. The lowest BCUT2D eigenvalue weighted by atomic mass is 10.1. The van der Waals surface area contributed by atoms with Gasteiger partial charge in [0.25, 0.3) is 0 Å². The third kappa shape index (κ3) is 1.98. The van der Waals surface area contributed by atoms with Crippen LogP contribution in [0.4, 0.5) is 5.69 Å². The Hall–Kier alpha value is -2.21. The zero-order chi connectivity index (χ0) is 14.1. The fourth-order valence-electron chi connectivity index (χ4n) is 2.79. The van der Waals surface area contributed by atoms with Crippen molar-refractivity contribution in [1.29, 1.82) is 0 Å². The molecule has 0 radical (unpaired) electrons. The van der Waals surface area contributed by atoms with Crippen molar-refractivity contribution in [3.05, 3.63) is 30.0 Å².